The van der Waals surface area contributed by atoms with E-state index >= 15 is 0 Å². The van der Waals surface area contributed by atoms with Crippen LogP contribution in [-0.2, 0) is 4.84 Å². The van der Waals surface area contributed by atoms with E-state index in [9.17, 15) is 0 Å². The summed E-state index contributed by atoms with van der Waals surface area (Å²) in [6, 6.07) is 7.69. The van der Waals surface area contributed by atoms with Crippen molar-refractivity contribution in [1.82, 2.24) is 0 Å². The number of rotatable bonds is 3. The van der Waals surface area contributed by atoms with Crippen molar-refractivity contribution in [3.63, 3.8) is 0 Å². The molecular weight excluding hydrogens is 166 g/mol. The molecule has 13 heavy (non-hydrogen) atoms. The van der Waals surface area contributed by atoms with Gasteiger partial charge in [-0.05, 0) is 19.1 Å². The molecule has 0 heterocycles. The molecule has 0 spiro atoms. The summed E-state index contributed by atoms with van der Waals surface area (Å²) in [5.41, 5.74) is 1.84. The van der Waals surface area contributed by atoms with Crippen molar-refractivity contribution in [2.45, 2.75) is 6.92 Å². The van der Waals surface area contributed by atoms with Crippen molar-refractivity contribution in [3.05, 3.63) is 29.8 Å². The zero-order valence-electron chi connectivity index (χ0n) is 8.07. The van der Waals surface area contributed by atoms with E-state index in [0.29, 0.717) is 0 Å². The van der Waals surface area contributed by atoms with Gasteiger partial charge in [-0.15, -0.1) is 0 Å². The smallest absolute Gasteiger partial charge is 0.119 e. The Morgan fingerprint density at radius 1 is 1.31 bits per heavy atom. The SMILES string of the molecule is CO/N=C(\C)c1cccc(OC)c1. The Labute approximate surface area is 78.0 Å². The van der Waals surface area contributed by atoms with Gasteiger partial charge >= 0.3 is 0 Å². The van der Waals surface area contributed by atoms with E-state index in [-0.39, 0.29) is 0 Å². The van der Waals surface area contributed by atoms with Crippen LogP contribution in [0.3, 0.4) is 0 Å². The summed E-state index contributed by atoms with van der Waals surface area (Å²) < 4.78 is 5.09. The first-order valence-electron chi connectivity index (χ1n) is 4.00. The Balaban J connectivity index is 2.94. The van der Waals surface area contributed by atoms with Crippen LogP contribution in [0.5, 0.6) is 5.75 Å². The number of nitrogens with zero attached hydrogens (tertiary/aromatic N) is 1. The van der Waals surface area contributed by atoms with Crippen molar-refractivity contribution < 1.29 is 9.57 Å². The highest BCUT2D eigenvalue weighted by Crippen LogP contribution is 2.13. The number of methoxy groups -OCH3 is 1. The first kappa shape index (κ1) is 9.58. The summed E-state index contributed by atoms with van der Waals surface area (Å²) in [5.74, 6) is 0.822. The van der Waals surface area contributed by atoms with E-state index in [1.165, 1.54) is 7.11 Å². The van der Waals surface area contributed by atoms with Gasteiger partial charge in [0.25, 0.3) is 0 Å². The molecule has 0 bridgehead atoms. The van der Waals surface area contributed by atoms with Gasteiger partial charge in [0.1, 0.15) is 12.9 Å². The van der Waals surface area contributed by atoms with Crippen molar-refractivity contribution in [2.75, 3.05) is 14.2 Å². The number of benzene rings is 1. The lowest BCUT2D eigenvalue weighted by Crippen LogP contribution is -1.95. The Morgan fingerprint density at radius 2 is 2.08 bits per heavy atom. The summed E-state index contributed by atoms with van der Waals surface area (Å²) in [6.45, 7) is 1.89. The zero-order chi connectivity index (χ0) is 9.68. The maximum Gasteiger partial charge on any atom is 0.119 e. The maximum absolute atomic E-state index is 5.09. The van der Waals surface area contributed by atoms with Gasteiger partial charge in [-0.2, -0.15) is 0 Å². The Hall–Kier alpha value is -1.51. The number of ether oxygens (including phenoxy) is 1. The highest BCUT2D eigenvalue weighted by atomic mass is 16.6. The Morgan fingerprint density at radius 3 is 2.69 bits per heavy atom. The van der Waals surface area contributed by atoms with Gasteiger partial charge in [0.15, 0.2) is 0 Å². The van der Waals surface area contributed by atoms with Crippen molar-refractivity contribution in [3.8, 4) is 5.75 Å². The minimum absolute atomic E-state index is 0.822. The van der Waals surface area contributed by atoms with E-state index in [2.05, 4.69) is 9.99 Å². The van der Waals surface area contributed by atoms with Crippen LogP contribution in [0.4, 0.5) is 0 Å². The standard InChI is InChI=1S/C10H13NO2/c1-8(11-13-3)9-5-4-6-10(7-9)12-2/h4-7H,1-3H3/b11-8+. The third-order valence-corrected chi connectivity index (χ3v) is 1.72. The Kier molecular flexibility index (Phi) is 3.31. The molecule has 3 heteroatoms. The summed E-state index contributed by atoms with van der Waals surface area (Å²) in [5, 5.41) is 3.83. The van der Waals surface area contributed by atoms with Crippen LogP contribution in [-0.4, -0.2) is 19.9 Å². The first-order chi connectivity index (χ1) is 6.27. The van der Waals surface area contributed by atoms with Crippen LogP contribution in [0, 0.1) is 0 Å². The molecule has 0 aliphatic carbocycles. The number of hydrogen-bond donors (Lipinski definition) is 0. The predicted octanol–water partition coefficient (Wildman–Crippen LogP) is 2.07. The highest BCUT2D eigenvalue weighted by Gasteiger charge is 1.98. The molecular formula is C10H13NO2. The lowest BCUT2D eigenvalue weighted by atomic mass is 10.1. The fraction of sp³-hybridized carbons (Fsp3) is 0.300. The van der Waals surface area contributed by atoms with Crippen molar-refractivity contribution in [1.29, 1.82) is 0 Å². The molecule has 0 saturated heterocycles. The second-order valence-electron chi connectivity index (χ2n) is 2.59. The normalized spacial score (nSPS) is 11.2. The average Bonchev–Trinajstić information content (AvgIpc) is 2.18. The average molecular weight is 179 g/mol. The van der Waals surface area contributed by atoms with Crippen LogP contribution in [0.2, 0.25) is 0 Å². The van der Waals surface area contributed by atoms with Crippen LogP contribution >= 0.6 is 0 Å². The van der Waals surface area contributed by atoms with Crippen LogP contribution in [0.1, 0.15) is 12.5 Å². The molecule has 0 radical (unpaired) electrons. The second kappa shape index (κ2) is 4.50. The molecule has 1 rings (SSSR count). The van der Waals surface area contributed by atoms with Gasteiger partial charge in [-0.1, -0.05) is 17.3 Å². The van der Waals surface area contributed by atoms with Gasteiger partial charge in [-0.25, -0.2) is 0 Å². The van der Waals surface area contributed by atoms with Gasteiger partial charge in [0, 0.05) is 5.56 Å². The van der Waals surface area contributed by atoms with Crippen LogP contribution in [0.25, 0.3) is 0 Å². The molecule has 70 valence electrons. The van der Waals surface area contributed by atoms with Gasteiger partial charge < -0.3 is 9.57 Å². The predicted molar refractivity (Wildman–Crippen MR) is 52.2 cm³/mol. The molecule has 1 aromatic rings. The molecule has 0 amide bonds. The minimum Gasteiger partial charge on any atom is -0.497 e. The summed E-state index contributed by atoms with van der Waals surface area (Å²) in [7, 11) is 3.17. The van der Waals surface area contributed by atoms with E-state index in [4.69, 9.17) is 4.74 Å². The molecule has 1 aromatic carbocycles. The van der Waals surface area contributed by atoms with E-state index < -0.39 is 0 Å². The molecule has 0 aromatic heterocycles. The van der Waals surface area contributed by atoms with Gasteiger partial charge in [0.05, 0.1) is 12.8 Å². The lowest BCUT2D eigenvalue weighted by Gasteiger charge is -2.02. The quantitative estimate of drug-likeness (QED) is 0.525. The number of oxime groups is 1. The van der Waals surface area contributed by atoms with E-state index in [1.807, 2.05) is 31.2 Å². The fourth-order valence-corrected chi connectivity index (χ4v) is 1.04. The largest absolute Gasteiger partial charge is 0.497 e. The Bertz CT molecular complexity index is 308. The van der Waals surface area contributed by atoms with Crippen molar-refractivity contribution in [2.24, 2.45) is 5.16 Å². The zero-order valence-corrected chi connectivity index (χ0v) is 8.07. The molecule has 3 nitrogen and oxygen atoms in total. The number of hydrogen-bond acceptors (Lipinski definition) is 3. The third kappa shape index (κ3) is 2.47. The van der Waals surface area contributed by atoms with Crippen LogP contribution in [0.15, 0.2) is 29.4 Å². The minimum atomic E-state index is 0.822. The molecule has 0 fully saturated rings. The monoisotopic (exact) mass is 179 g/mol. The van der Waals surface area contributed by atoms with Gasteiger partial charge in [0.2, 0.25) is 0 Å². The topological polar surface area (TPSA) is 30.8 Å². The summed E-state index contributed by atoms with van der Waals surface area (Å²) in [4.78, 5) is 4.68. The molecule has 0 atom stereocenters. The van der Waals surface area contributed by atoms with Gasteiger partial charge in [-0.3, -0.25) is 0 Å². The van der Waals surface area contributed by atoms with E-state index in [1.54, 1.807) is 7.11 Å². The molecule has 0 saturated carbocycles. The molecule has 0 aliphatic rings. The molecule has 0 aliphatic heterocycles. The highest BCUT2D eigenvalue weighted by molar-refractivity contribution is 5.98. The third-order valence-electron chi connectivity index (χ3n) is 1.72. The molecule has 0 N–H and O–H groups in total. The van der Waals surface area contributed by atoms with E-state index in [0.717, 1.165) is 17.0 Å². The first-order valence-corrected chi connectivity index (χ1v) is 4.00. The molecule has 0 unspecified atom stereocenters. The van der Waals surface area contributed by atoms with Crippen molar-refractivity contribution >= 4 is 5.71 Å². The summed E-state index contributed by atoms with van der Waals surface area (Å²) >= 11 is 0. The lowest BCUT2D eigenvalue weighted by molar-refractivity contribution is 0.213. The second-order valence-corrected chi connectivity index (χ2v) is 2.59. The fourth-order valence-electron chi connectivity index (χ4n) is 1.04. The van der Waals surface area contributed by atoms with Crippen LogP contribution < -0.4 is 4.74 Å². The maximum atomic E-state index is 5.09. The summed E-state index contributed by atoms with van der Waals surface area (Å²) in [6.07, 6.45) is 0.